The fraction of sp³-hybridized carbons (Fsp3) is 0.600. The first-order chi connectivity index (χ1) is 12.1. The van der Waals surface area contributed by atoms with Crippen molar-refractivity contribution in [2.45, 2.75) is 53.1 Å². The molecule has 6 heteroatoms. The number of nitrogens with zero attached hydrogens (tertiary/aromatic N) is 4. The molecule has 0 bridgehead atoms. The topological polar surface area (TPSA) is 68.2 Å². The Morgan fingerprint density at radius 3 is 2.65 bits per heavy atom. The predicted octanol–water partition coefficient (Wildman–Crippen LogP) is 3.61. The lowest BCUT2D eigenvalue weighted by atomic mass is 9.77. The van der Waals surface area contributed by atoms with Crippen LogP contribution in [0.25, 0.3) is 11.2 Å². The number of esters is 1. The van der Waals surface area contributed by atoms with Crippen molar-refractivity contribution >= 4 is 22.8 Å². The molecule has 140 valence electrons. The molecule has 6 nitrogen and oxygen atoms in total. The van der Waals surface area contributed by atoms with Crippen molar-refractivity contribution in [3.8, 4) is 0 Å². The maximum absolute atomic E-state index is 12.3. The van der Waals surface area contributed by atoms with Crippen molar-refractivity contribution in [2.24, 2.45) is 11.3 Å². The molecule has 0 spiro atoms. The number of anilines is 1. The SMILES string of the molecule is CC1(C)C[C@@H](CC(=O)OC(C)(C)C)CN(c2ccnc3nccnc23)C1. The van der Waals surface area contributed by atoms with E-state index >= 15 is 0 Å². The number of rotatable bonds is 3. The van der Waals surface area contributed by atoms with Crippen LogP contribution in [0.4, 0.5) is 5.69 Å². The molecule has 0 amide bonds. The number of hydrogen-bond acceptors (Lipinski definition) is 6. The second kappa shape index (κ2) is 6.82. The monoisotopic (exact) mass is 356 g/mol. The van der Waals surface area contributed by atoms with Gasteiger partial charge in [-0.1, -0.05) is 13.8 Å². The standard InChI is InChI=1S/C20H28N4O2/c1-19(2,3)26-16(25)10-14-11-20(4,5)13-24(12-14)15-6-7-22-18-17(15)21-8-9-23-18/h6-9,14H,10-13H2,1-5H3/t14-/m1/s1. The molecule has 26 heavy (non-hydrogen) atoms. The van der Waals surface area contributed by atoms with Crippen LogP contribution in [0.1, 0.15) is 47.5 Å². The first-order valence-corrected chi connectivity index (χ1v) is 9.15. The number of hydrogen-bond donors (Lipinski definition) is 0. The molecule has 2 aromatic heterocycles. The Morgan fingerprint density at radius 1 is 1.23 bits per heavy atom. The molecule has 0 saturated carbocycles. The minimum Gasteiger partial charge on any atom is -0.460 e. The van der Waals surface area contributed by atoms with Crippen molar-refractivity contribution in [1.29, 1.82) is 0 Å². The summed E-state index contributed by atoms with van der Waals surface area (Å²) >= 11 is 0. The van der Waals surface area contributed by atoms with Gasteiger partial charge in [-0.25, -0.2) is 15.0 Å². The third-order valence-electron chi connectivity index (χ3n) is 4.51. The molecule has 1 aliphatic heterocycles. The summed E-state index contributed by atoms with van der Waals surface area (Å²) in [6.07, 6.45) is 6.56. The Bertz CT molecular complexity index is 792. The highest BCUT2D eigenvalue weighted by Crippen LogP contribution is 2.37. The molecular formula is C20H28N4O2. The predicted molar refractivity (Wildman–Crippen MR) is 102 cm³/mol. The molecule has 1 aliphatic rings. The summed E-state index contributed by atoms with van der Waals surface area (Å²) in [6.45, 7) is 11.9. The summed E-state index contributed by atoms with van der Waals surface area (Å²) < 4.78 is 5.53. The van der Waals surface area contributed by atoms with Gasteiger partial charge in [0.1, 0.15) is 11.1 Å². The second-order valence-electron chi connectivity index (χ2n) is 8.96. The fourth-order valence-electron chi connectivity index (χ4n) is 3.86. The van der Waals surface area contributed by atoms with E-state index in [9.17, 15) is 4.79 Å². The number of carbonyl (C=O) groups excluding carboxylic acids is 1. The van der Waals surface area contributed by atoms with Gasteiger partial charge in [0, 0.05) is 31.7 Å². The van der Waals surface area contributed by atoms with Crippen LogP contribution < -0.4 is 4.90 Å². The Morgan fingerprint density at radius 2 is 1.92 bits per heavy atom. The first kappa shape index (κ1) is 18.5. The first-order valence-electron chi connectivity index (χ1n) is 9.15. The van der Waals surface area contributed by atoms with E-state index in [0.29, 0.717) is 12.1 Å². The second-order valence-corrected chi connectivity index (χ2v) is 8.96. The van der Waals surface area contributed by atoms with Crippen molar-refractivity contribution in [1.82, 2.24) is 15.0 Å². The van der Waals surface area contributed by atoms with Gasteiger partial charge in [0.2, 0.25) is 0 Å². The molecule has 0 N–H and O–H groups in total. The number of ether oxygens (including phenoxy) is 1. The number of fused-ring (bicyclic) bond motifs is 1. The summed E-state index contributed by atoms with van der Waals surface area (Å²) in [4.78, 5) is 27.7. The molecule has 1 atom stereocenters. The molecule has 3 rings (SSSR count). The molecule has 3 heterocycles. The van der Waals surface area contributed by atoms with Crippen LogP contribution in [0.2, 0.25) is 0 Å². The molecule has 1 saturated heterocycles. The van der Waals surface area contributed by atoms with Gasteiger partial charge in [-0.05, 0) is 44.6 Å². The van der Waals surface area contributed by atoms with E-state index < -0.39 is 5.60 Å². The highest BCUT2D eigenvalue weighted by Gasteiger charge is 2.35. The highest BCUT2D eigenvalue weighted by molar-refractivity contribution is 5.85. The Hall–Kier alpha value is -2.24. The molecule has 1 fully saturated rings. The van der Waals surface area contributed by atoms with Crippen LogP contribution in [-0.4, -0.2) is 39.6 Å². The van der Waals surface area contributed by atoms with Crippen LogP contribution in [0.5, 0.6) is 0 Å². The van der Waals surface area contributed by atoms with Gasteiger partial charge in [-0.3, -0.25) is 4.79 Å². The Labute approximate surface area is 155 Å². The number of aromatic nitrogens is 3. The average Bonchev–Trinajstić information content (AvgIpc) is 2.50. The van der Waals surface area contributed by atoms with E-state index in [0.717, 1.165) is 30.7 Å². The van der Waals surface area contributed by atoms with Gasteiger partial charge in [-0.15, -0.1) is 0 Å². The van der Waals surface area contributed by atoms with Gasteiger partial charge in [0.25, 0.3) is 0 Å². The van der Waals surface area contributed by atoms with Gasteiger partial charge >= 0.3 is 5.97 Å². The van der Waals surface area contributed by atoms with Crippen LogP contribution >= 0.6 is 0 Å². The third kappa shape index (κ3) is 4.48. The summed E-state index contributed by atoms with van der Waals surface area (Å²) in [6, 6.07) is 1.99. The van der Waals surface area contributed by atoms with Crippen LogP contribution in [-0.2, 0) is 9.53 Å². The normalized spacial score (nSPS) is 20.2. The molecule has 0 unspecified atom stereocenters. The van der Waals surface area contributed by atoms with Crippen molar-refractivity contribution < 1.29 is 9.53 Å². The lowest BCUT2D eigenvalue weighted by Gasteiger charge is -2.43. The molecular weight excluding hydrogens is 328 g/mol. The van der Waals surface area contributed by atoms with E-state index in [1.165, 1.54) is 0 Å². The quantitative estimate of drug-likeness (QED) is 0.783. The van der Waals surface area contributed by atoms with Crippen molar-refractivity contribution in [2.75, 3.05) is 18.0 Å². The molecule has 0 aliphatic carbocycles. The minimum atomic E-state index is -0.447. The lowest BCUT2D eigenvalue weighted by molar-refractivity contribution is -0.156. The summed E-state index contributed by atoms with van der Waals surface area (Å²) in [7, 11) is 0. The number of carbonyl (C=O) groups is 1. The van der Waals surface area contributed by atoms with E-state index in [-0.39, 0.29) is 17.3 Å². The summed E-state index contributed by atoms with van der Waals surface area (Å²) in [5, 5.41) is 0. The van der Waals surface area contributed by atoms with Gasteiger partial charge in [0.05, 0.1) is 12.1 Å². The lowest BCUT2D eigenvalue weighted by Crippen LogP contribution is -2.45. The van der Waals surface area contributed by atoms with E-state index in [4.69, 9.17) is 4.74 Å². The smallest absolute Gasteiger partial charge is 0.306 e. The zero-order valence-electron chi connectivity index (χ0n) is 16.3. The van der Waals surface area contributed by atoms with Gasteiger partial charge in [0.15, 0.2) is 5.65 Å². The van der Waals surface area contributed by atoms with Gasteiger partial charge < -0.3 is 9.64 Å². The number of piperidine rings is 1. The van der Waals surface area contributed by atoms with Crippen LogP contribution in [0.15, 0.2) is 24.7 Å². The molecule has 2 aromatic rings. The van der Waals surface area contributed by atoms with Crippen LogP contribution in [0, 0.1) is 11.3 Å². The van der Waals surface area contributed by atoms with E-state index in [2.05, 4.69) is 33.7 Å². The Balaban J connectivity index is 1.83. The van der Waals surface area contributed by atoms with E-state index in [1.54, 1.807) is 18.6 Å². The molecule has 0 aromatic carbocycles. The van der Waals surface area contributed by atoms with Crippen molar-refractivity contribution in [3.63, 3.8) is 0 Å². The zero-order chi connectivity index (χ0) is 18.9. The Kier molecular flexibility index (Phi) is 4.86. The molecule has 0 radical (unpaired) electrons. The summed E-state index contributed by atoms with van der Waals surface area (Å²) in [5.41, 5.74) is 2.14. The fourth-order valence-corrected chi connectivity index (χ4v) is 3.86. The van der Waals surface area contributed by atoms with Crippen LogP contribution in [0.3, 0.4) is 0 Å². The number of pyridine rings is 1. The third-order valence-corrected chi connectivity index (χ3v) is 4.51. The highest BCUT2D eigenvalue weighted by atomic mass is 16.6. The maximum atomic E-state index is 12.3. The zero-order valence-corrected chi connectivity index (χ0v) is 16.3. The maximum Gasteiger partial charge on any atom is 0.306 e. The minimum absolute atomic E-state index is 0.0999. The van der Waals surface area contributed by atoms with E-state index in [1.807, 2.05) is 26.8 Å². The van der Waals surface area contributed by atoms with Crippen molar-refractivity contribution in [3.05, 3.63) is 24.7 Å². The summed E-state index contributed by atoms with van der Waals surface area (Å²) in [5.74, 6) is 0.119. The average molecular weight is 356 g/mol. The van der Waals surface area contributed by atoms with Gasteiger partial charge in [-0.2, -0.15) is 0 Å². The largest absolute Gasteiger partial charge is 0.460 e.